The summed E-state index contributed by atoms with van der Waals surface area (Å²) in [6.07, 6.45) is 33.5. The molecule has 0 aliphatic carbocycles. The minimum atomic E-state index is -1.99. The van der Waals surface area contributed by atoms with Gasteiger partial charge in [-0.2, -0.15) is 0 Å². The average Bonchev–Trinajstić information content (AvgIpc) is 2.88. The summed E-state index contributed by atoms with van der Waals surface area (Å²) in [5.41, 5.74) is 0. The van der Waals surface area contributed by atoms with Gasteiger partial charge in [-0.3, -0.25) is 4.79 Å². The van der Waals surface area contributed by atoms with Gasteiger partial charge in [-0.15, -0.1) is 0 Å². The molecular formula is C68H121NO18. The van der Waals surface area contributed by atoms with Crippen LogP contribution < -0.4 is 5.32 Å². The third kappa shape index (κ3) is 32.6. The standard InChI is InChI=1S/C68H121NO18/c1-3-5-7-9-11-13-15-17-19-21-22-23-24-25-26-27-28-29-30-31-33-35-37-39-41-43-45-52(73)51(69-56(74)46-44-42-40-38-36-34-32-20-18-16-14-12-10-8-6-4-2)50-82-66-62(80)59(77)64(54(48-71)84-66)87-68-63(81)60(78)65(55(49-72)85-68)86-67-61(79)58(76)57(75)53(47-70)83-67/h14,16,20,29-30,32,35,37,43,45,51-55,57-68,70-73,75-81H,3-13,15,17-19,21-28,31,33-34,36,38-42,44,46-50H2,1-2H3,(H,69,74)/b16-14-,30-29+,32-20-,37-35+,45-43+. The lowest BCUT2D eigenvalue weighted by atomic mass is 9.96. The maximum absolute atomic E-state index is 13.4. The Labute approximate surface area is 522 Å². The van der Waals surface area contributed by atoms with Crippen LogP contribution in [0.2, 0.25) is 0 Å². The summed E-state index contributed by atoms with van der Waals surface area (Å²) in [5.74, 6) is -0.304. The van der Waals surface area contributed by atoms with Gasteiger partial charge < -0.3 is 89.9 Å². The number of hydrogen-bond acceptors (Lipinski definition) is 18. The fraction of sp³-hybridized carbons (Fsp3) is 0.838. The molecule has 506 valence electrons. The summed E-state index contributed by atoms with van der Waals surface area (Å²) in [7, 11) is 0. The molecule has 3 aliphatic heterocycles. The van der Waals surface area contributed by atoms with Crippen molar-refractivity contribution in [2.24, 2.45) is 0 Å². The molecule has 3 saturated heterocycles. The number of carbonyl (C=O) groups excluding carboxylic acids is 1. The van der Waals surface area contributed by atoms with Gasteiger partial charge in [-0.1, -0.05) is 209 Å². The van der Waals surface area contributed by atoms with Gasteiger partial charge in [-0.25, -0.2) is 0 Å². The first kappa shape index (κ1) is 78.7. The van der Waals surface area contributed by atoms with E-state index >= 15 is 0 Å². The third-order valence-electron chi connectivity index (χ3n) is 16.8. The molecule has 0 aromatic rings. The van der Waals surface area contributed by atoms with Crippen molar-refractivity contribution < 1.29 is 89.4 Å². The molecular weight excluding hydrogens is 1120 g/mol. The minimum Gasteiger partial charge on any atom is -0.394 e. The van der Waals surface area contributed by atoms with Gasteiger partial charge in [0.15, 0.2) is 18.9 Å². The number of allylic oxidation sites excluding steroid dienone is 9. The second-order valence-electron chi connectivity index (χ2n) is 24.3. The zero-order valence-electron chi connectivity index (χ0n) is 53.2. The summed E-state index contributed by atoms with van der Waals surface area (Å²) in [6, 6.07) is -1.01. The molecule has 0 aromatic carbocycles. The number of unbranched alkanes of at least 4 members (excludes halogenated alkanes) is 27. The van der Waals surface area contributed by atoms with Crippen LogP contribution in [0.15, 0.2) is 60.8 Å². The summed E-state index contributed by atoms with van der Waals surface area (Å²) >= 11 is 0. The molecule has 0 aromatic heterocycles. The zero-order chi connectivity index (χ0) is 63.3. The Morgan fingerprint density at radius 3 is 1.23 bits per heavy atom. The van der Waals surface area contributed by atoms with E-state index in [1.54, 1.807) is 6.08 Å². The molecule has 0 spiro atoms. The van der Waals surface area contributed by atoms with Crippen LogP contribution in [0.4, 0.5) is 0 Å². The highest BCUT2D eigenvalue weighted by atomic mass is 16.8. The van der Waals surface area contributed by atoms with Crippen molar-refractivity contribution in [3.8, 4) is 0 Å². The van der Waals surface area contributed by atoms with Crippen molar-refractivity contribution in [2.75, 3.05) is 26.4 Å². The van der Waals surface area contributed by atoms with Crippen molar-refractivity contribution in [1.29, 1.82) is 0 Å². The van der Waals surface area contributed by atoms with E-state index in [2.05, 4.69) is 67.8 Å². The fourth-order valence-electron chi connectivity index (χ4n) is 11.2. The molecule has 12 N–H and O–H groups in total. The van der Waals surface area contributed by atoms with Crippen molar-refractivity contribution in [2.45, 2.75) is 336 Å². The Morgan fingerprint density at radius 2 is 0.770 bits per heavy atom. The summed E-state index contributed by atoms with van der Waals surface area (Å²) < 4.78 is 34.3. The quantitative estimate of drug-likeness (QED) is 0.0201. The van der Waals surface area contributed by atoms with Crippen LogP contribution in [0.1, 0.15) is 232 Å². The fourth-order valence-corrected chi connectivity index (χ4v) is 11.2. The maximum atomic E-state index is 13.4. The molecule has 0 radical (unpaired) electrons. The lowest BCUT2D eigenvalue weighted by molar-refractivity contribution is -0.379. The Hall–Kier alpha value is -2.51. The largest absolute Gasteiger partial charge is 0.394 e. The highest BCUT2D eigenvalue weighted by Crippen LogP contribution is 2.33. The SMILES string of the molecule is CCCCCC/C=C\C/C=C\CCCCCCCC(=O)NC(COC1OC(CO)C(OC2OC(CO)C(OC3OC(CO)C(O)C(O)C3O)C(O)C2O)C(O)C1O)C(O)/C=C/CC/C=C/CC/C=C/CCCCCCCCCCCCCCCCCC. The lowest BCUT2D eigenvalue weighted by Crippen LogP contribution is -2.66. The molecule has 17 unspecified atom stereocenters. The summed E-state index contributed by atoms with van der Waals surface area (Å²) in [4.78, 5) is 13.4. The average molecular weight is 1240 g/mol. The van der Waals surface area contributed by atoms with Crippen LogP contribution in [0.5, 0.6) is 0 Å². The highest BCUT2D eigenvalue weighted by molar-refractivity contribution is 5.76. The number of carbonyl (C=O) groups is 1. The number of nitrogens with one attached hydrogen (secondary N) is 1. The predicted octanol–water partition coefficient (Wildman–Crippen LogP) is 8.38. The molecule has 3 fully saturated rings. The number of aliphatic hydroxyl groups excluding tert-OH is 11. The molecule has 3 aliphatic rings. The molecule has 87 heavy (non-hydrogen) atoms. The highest BCUT2D eigenvalue weighted by Gasteiger charge is 2.53. The first-order valence-corrected chi connectivity index (χ1v) is 34.0. The molecule has 3 heterocycles. The number of hydrogen-bond donors (Lipinski definition) is 12. The number of ether oxygens (including phenoxy) is 6. The van der Waals surface area contributed by atoms with E-state index < -0.39 is 124 Å². The van der Waals surface area contributed by atoms with Gasteiger partial charge in [0.1, 0.15) is 73.2 Å². The second kappa shape index (κ2) is 50.1. The Kier molecular flexibility index (Phi) is 45.3. The van der Waals surface area contributed by atoms with E-state index in [1.165, 1.54) is 128 Å². The summed E-state index contributed by atoms with van der Waals surface area (Å²) in [6.45, 7) is 1.68. The van der Waals surface area contributed by atoms with Crippen molar-refractivity contribution in [3.05, 3.63) is 60.8 Å². The molecule has 0 bridgehead atoms. The minimum absolute atomic E-state index is 0.214. The van der Waals surface area contributed by atoms with E-state index in [9.17, 15) is 61.0 Å². The van der Waals surface area contributed by atoms with Gasteiger partial charge in [0.05, 0.1) is 38.6 Å². The second-order valence-corrected chi connectivity index (χ2v) is 24.3. The van der Waals surface area contributed by atoms with Gasteiger partial charge >= 0.3 is 0 Å². The third-order valence-corrected chi connectivity index (χ3v) is 16.8. The lowest BCUT2D eigenvalue weighted by Gasteiger charge is -2.48. The topological polar surface area (TPSA) is 307 Å². The number of aliphatic hydroxyl groups is 11. The maximum Gasteiger partial charge on any atom is 0.220 e. The van der Waals surface area contributed by atoms with Crippen LogP contribution >= 0.6 is 0 Å². The van der Waals surface area contributed by atoms with Crippen molar-refractivity contribution in [1.82, 2.24) is 5.32 Å². The monoisotopic (exact) mass is 1240 g/mol. The predicted molar refractivity (Wildman–Crippen MR) is 337 cm³/mol. The van der Waals surface area contributed by atoms with Crippen LogP contribution in [0.25, 0.3) is 0 Å². The van der Waals surface area contributed by atoms with Crippen LogP contribution in [0.3, 0.4) is 0 Å². The van der Waals surface area contributed by atoms with Gasteiger partial charge in [-0.05, 0) is 77.0 Å². The van der Waals surface area contributed by atoms with Gasteiger partial charge in [0, 0.05) is 6.42 Å². The molecule has 1 amide bonds. The van der Waals surface area contributed by atoms with E-state index in [-0.39, 0.29) is 18.9 Å². The molecule has 0 saturated carbocycles. The molecule has 19 nitrogen and oxygen atoms in total. The molecule has 19 heteroatoms. The first-order chi connectivity index (χ1) is 42.3. The molecule has 17 atom stereocenters. The van der Waals surface area contributed by atoms with E-state index in [4.69, 9.17) is 28.4 Å². The Balaban J connectivity index is 1.47. The first-order valence-electron chi connectivity index (χ1n) is 34.0. The van der Waals surface area contributed by atoms with E-state index in [0.29, 0.717) is 12.8 Å². The smallest absolute Gasteiger partial charge is 0.220 e. The van der Waals surface area contributed by atoms with Gasteiger partial charge in [0.2, 0.25) is 5.91 Å². The van der Waals surface area contributed by atoms with Crippen LogP contribution in [-0.4, -0.2) is 193 Å². The molecule has 3 rings (SSSR count). The summed E-state index contributed by atoms with van der Waals surface area (Å²) in [5, 5.41) is 120. The number of rotatable bonds is 51. The Bertz CT molecular complexity index is 1820. The van der Waals surface area contributed by atoms with Crippen LogP contribution in [0, 0.1) is 0 Å². The van der Waals surface area contributed by atoms with Gasteiger partial charge in [0.25, 0.3) is 0 Å². The van der Waals surface area contributed by atoms with E-state index in [0.717, 1.165) is 70.6 Å². The van der Waals surface area contributed by atoms with Crippen molar-refractivity contribution in [3.63, 3.8) is 0 Å². The number of amides is 1. The van der Waals surface area contributed by atoms with Crippen molar-refractivity contribution >= 4 is 5.91 Å². The zero-order valence-corrected chi connectivity index (χ0v) is 53.2. The normalized spacial score (nSPS) is 29.0. The van der Waals surface area contributed by atoms with Crippen LogP contribution in [-0.2, 0) is 33.2 Å². The Morgan fingerprint density at radius 1 is 0.414 bits per heavy atom. The van der Waals surface area contributed by atoms with E-state index in [1.807, 2.05) is 6.08 Å².